The summed E-state index contributed by atoms with van der Waals surface area (Å²) in [6, 6.07) is 16.8. The lowest BCUT2D eigenvalue weighted by atomic mass is 9.89. The molecule has 0 saturated heterocycles. The van der Waals surface area contributed by atoms with E-state index in [1.165, 1.54) is 0 Å². The second kappa shape index (κ2) is 5.40. The van der Waals surface area contributed by atoms with Gasteiger partial charge in [-0.15, -0.1) is 0 Å². The van der Waals surface area contributed by atoms with Gasteiger partial charge in [-0.25, -0.2) is 0 Å². The third-order valence-electron chi connectivity index (χ3n) is 3.78. The largest absolute Gasteiger partial charge is 0.326 e. The van der Waals surface area contributed by atoms with Crippen molar-refractivity contribution in [1.29, 1.82) is 0 Å². The van der Waals surface area contributed by atoms with Crippen LogP contribution in [0.25, 0.3) is 0 Å². The van der Waals surface area contributed by atoms with Crippen LogP contribution in [0.3, 0.4) is 0 Å². The summed E-state index contributed by atoms with van der Waals surface area (Å²) >= 11 is 0. The van der Waals surface area contributed by atoms with E-state index in [1.807, 2.05) is 54.6 Å². The van der Waals surface area contributed by atoms with Crippen LogP contribution in [0.15, 0.2) is 54.6 Å². The molecule has 4 heteroatoms. The van der Waals surface area contributed by atoms with Crippen molar-refractivity contribution < 1.29 is 9.59 Å². The molecule has 1 aliphatic rings. The molecule has 106 valence electrons. The summed E-state index contributed by atoms with van der Waals surface area (Å²) in [5.41, 5.74) is 2.45. The predicted octanol–water partition coefficient (Wildman–Crippen LogP) is 2.78. The van der Waals surface area contributed by atoms with Gasteiger partial charge in [-0.2, -0.15) is 0 Å². The van der Waals surface area contributed by atoms with E-state index in [-0.39, 0.29) is 18.2 Å². The third kappa shape index (κ3) is 2.52. The number of rotatable bonds is 2. The van der Waals surface area contributed by atoms with Crippen LogP contribution in [0.2, 0.25) is 0 Å². The summed E-state index contributed by atoms with van der Waals surface area (Å²) in [5.74, 6) is -0.623. The second-order valence-electron chi connectivity index (χ2n) is 5.12. The molecular weight excluding hydrogens is 264 g/mol. The number of anilines is 2. The molecule has 1 atom stereocenters. The van der Waals surface area contributed by atoms with Crippen LogP contribution >= 0.6 is 0 Å². The van der Waals surface area contributed by atoms with Crippen LogP contribution in [-0.2, 0) is 9.59 Å². The minimum absolute atomic E-state index is 0.0399. The van der Waals surface area contributed by atoms with Crippen LogP contribution in [0.4, 0.5) is 11.4 Å². The van der Waals surface area contributed by atoms with Crippen LogP contribution in [0, 0.1) is 0 Å². The molecule has 1 aliphatic heterocycles. The molecule has 1 unspecified atom stereocenters. The van der Waals surface area contributed by atoms with Gasteiger partial charge in [0, 0.05) is 24.8 Å². The number of nitrogens with one attached hydrogen (secondary N) is 1. The molecule has 0 fully saturated rings. The molecule has 1 N–H and O–H groups in total. The first kappa shape index (κ1) is 13.4. The Morgan fingerprint density at radius 1 is 1.10 bits per heavy atom. The number of para-hydroxylation sites is 2. The Balaban J connectivity index is 1.90. The second-order valence-corrected chi connectivity index (χ2v) is 5.12. The van der Waals surface area contributed by atoms with Crippen molar-refractivity contribution in [1.82, 2.24) is 0 Å². The molecule has 21 heavy (non-hydrogen) atoms. The third-order valence-corrected chi connectivity index (χ3v) is 3.78. The topological polar surface area (TPSA) is 49.4 Å². The standard InChI is InChI=1S/C17H16N2O2/c1-19-15-10-6-5-9-13(15)14(11-16(19)20)17(21)18-12-7-3-2-4-8-12/h2-10,14H,11H2,1H3,(H,18,21). The number of amides is 2. The van der Waals surface area contributed by atoms with Crippen molar-refractivity contribution in [2.75, 3.05) is 17.3 Å². The molecule has 0 saturated carbocycles. The minimum Gasteiger partial charge on any atom is -0.326 e. The lowest BCUT2D eigenvalue weighted by Crippen LogP contribution is -2.37. The smallest absolute Gasteiger partial charge is 0.232 e. The summed E-state index contributed by atoms with van der Waals surface area (Å²) in [6.07, 6.45) is 0.201. The van der Waals surface area contributed by atoms with Crippen molar-refractivity contribution in [3.05, 3.63) is 60.2 Å². The zero-order valence-electron chi connectivity index (χ0n) is 11.7. The van der Waals surface area contributed by atoms with Crippen molar-refractivity contribution in [2.24, 2.45) is 0 Å². The highest BCUT2D eigenvalue weighted by Gasteiger charge is 2.33. The SMILES string of the molecule is CN1C(=O)CC(C(=O)Nc2ccccc2)c2ccccc21. The van der Waals surface area contributed by atoms with Crippen molar-refractivity contribution in [2.45, 2.75) is 12.3 Å². The van der Waals surface area contributed by atoms with E-state index in [9.17, 15) is 9.59 Å². The fraction of sp³-hybridized carbons (Fsp3) is 0.176. The van der Waals surface area contributed by atoms with E-state index in [0.29, 0.717) is 0 Å². The maximum Gasteiger partial charge on any atom is 0.232 e. The highest BCUT2D eigenvalue weighted by Crippen LogP contribution is 2.35. The van der Waals surface area contributed by atoms with Crippen LogP contribution in [0.1, 0.15) is 17.9 Å². The molecule has 4 nitrogen and oxygen atoms in total. The van der Waals surface area contributed by atoms with Gasteiger partial charge in [0.25, 0.3) is 0 Å². The summed E-state index contributed by atoms with van der Waals surface area (Å²) in [7, 11) is 1.74. The summed E-state index contributed by atoms with van der Waals surface area (Å²) in [5, 5.41) is 2.88. The summed E-state index contributed by atoms with van der Waals surface area (Å²) in [4.78, 5) is 26.2. The Kier molecular flexibility index (Phi) is 3.44. The molecule has 0 radical (unpaired) electrons. The quantitative estimate of drug-likeness (QED) is 0.919. The number of hydrogen-bond donors (Lipinski definition) is 1. The average molecular weight is 280 g/mol. The number of hydrogen-bond acceptors (Lipinski definition) is 2. The lowest BCUT2D eigenvalue weighted by molar-refractivity contribution is -0.124. The monoisotopic (exact) mass is 280 g/mol. The van der Waals surface area contributed by atoms with Crippen LogP contribution in [0.5, 0.6) is 0 Å². The van der Waals surface area contributed by atoms with Crippen molar-refractivity contribution >= 4 is 23.2 Å². The summed E-state index contributed by atoms with van der Waals surface area (Å²) in [6.45, 7) is 0. The Morgan fingerprint density at radius 3 is 2.52 bits per heavy atom. The molecule has 2 aromatic rings. The molecule has 0 aliphatic carbocycles. The number of carbonyl (C=O) groups is 2. The van der Waals surface area contributed by atoms with E-state index < -0.39 is 5.92 Å². The van der Waals surface area contributed by atoms with Gasteiger partial charge in [0.1, 0.15) is 0 Å². The number of carbonyl (C=O) groups excluding carboxylic acids is 2. The first-order chi connectivity index (χ1) is 10.2. The highest BCUT2D eigenvalue weighted by atomic mass is 16.2. The van der Waals surface area contributed by atoms with Gasteiger partial charge in [-0.1, -0.05) is 36.4 Å². The normalized spacial score (nSPS) is 17.3. The molecule has 3 rings (SSSR count). The zero-order valence-corrected chi connectivity index (χ0v) is 11.7. The molecule has 2 amide bonds. The lowest BCUT2D eigenvalue weighted by Gasteiger charge is -2.30. The zero-order chi connectivity index (χ0) is 14.8. The summed E-state index contributed by atoms with van der Waals surface area (Å²) < 4.78 is 0. The predicted molar refractivity (Wildman–Crippen MR) is 82.3 cm³/mol. The molecule has 1 heterocycles. The van der Waals surface area contributed by atoms with Gasteiger partial charge in [0.2, 0.25) is 11.8 Å². The minimum atomic E-state index is -0.440. The highest BCUT2D eigenvalue weighted by molar-refractivity contribution is 6.05. The fourth-order valence-electron chi connectivity index (χ4n) is 2.63. The van der Waals surface area contributed by atoms with E-state index in [2.05, 4.69) is 5.32 Å². The number of benzene rings is 2. The van der Waals surface area contributed by atoms with Gasteiger partial charge >= 0.3 is 0 Å². The Hall–Kier alpha value is -2.62. The average Bonchev–Trinajstić information content (AvgIpc) is 2.52. The van der Waals surface area contributed by atoms with Crippen molar-refractivity contribution in [3.63, 3.8) is 0 Å². The van der Waals surface area contributed by atoms with E-state index in [1.54, 1.807) is 11.9 Å². The van der Waals surface area contributed by atoms with Crippen LogP contribution in [-0.4, -0.2) is 18.9 Å². The Labute approximate surface area is 123 Å². The van der Waals surface area contributed by atoms with Gasteiger partial charge in [-0.3, -0.25) is 9.59 Å². The molecular formula is C17H16N2O2. The van der Waals surface area contributed by atoms with E-state index in [4.69, 9.17) is 0 Å². The van der Waals surface area contributed by atoms with Gasteiger partial charge in [0.15, 0.2) is 0 Å². The molecule has 2 aromatic carbocycles. The van der Waals surface area contributed by atoms with Crippen molar-refractivity contribution in [3.8, 4) is 0 Å². The maximum atomic E-state index is 12.5. The number of nitrogens with zero attached hydrogens (tertiary/aromatic N) is 1. The molecule has 0 bridgehead atoms. The molecule has 0 aromatic heterocycles. The first-order valence-electron chi connectivity index (χ1n) is 6.88. The Morgan fingerprint density at radius 2 is 1.76 bits per heavy atom. The first-order valence-corrected chi connectivity index (χ1v) is 6.88. The Bertz CT molecular complexity index is 682. The van der Waals surface area contributed by atoms with Gasteiger partial charge in [-0.05, 0) is 23.8 Å². The fourth-order valence-corrected chi connectivity index (χ4v) is 2.63. The van der Waals surface area contributed by atoms with Gasteiger partial charge < -0.3 is 10.2 Å². The molecule has 0 spiro atoms. The van der Waals surface area contributed by atoms with E-state index >= 15 is 0 Å². The maximum absolute atomic E-state index is 12.5. The van der Waals surface area contributed by atoms with E-state index in [0.717, 1.165) is 16.9 Å². The number of fused-ring (bicyclic) bond motifs is 1. The van der Waals surface area contributed by atoms with Gasteiger partial charge in [0.05, 0.1) is 5.92 Å². The van der Waals surface area contributed by atoms with Crippen LogP contribution < -0.4 is 10.2 Å².